The number of carbonyl (C=O) groups excluding carboxylic acids is 1. The Bertz CT molecular complexity index is 1240. The number of ether oxygens (including phenoxy) is 2. The Balaban J connectivity index is 1.58. The van der Waals surface area contributed by atoms with E-state index in [1.54, 1.807) is 24.3 Å². The minimum Gasteiger partial charge on any atom is -0.493 e. The van der Waals surface area contributed by atoms with Crippen LogP contribution in [0.2, 0.25) is 5.02 Å². The molecule has 3 atom stereocenters. The second-order valence-corrected chi connectivity index (χ2v) is 9.10. The molecule has 192 valence electrons. The van der Waals surface area contributed by atoms with Gasteiger partial charge in [0.15, 0.2) is 17.3 Å². The van der Waals surface area contributed by atoms with E-state index in [1.807, 2.05) is 18.9 Å². The Morgan fingerprint density at radius 1 is 1.33 bits per heavy atom. The van der Waals surface area contributed by atoms with Gasteiger partial charge in [-0.1, -0.05) is 24.6 Å². The second-order valence-electron chi connectivity index (χ2n) is 8.70. The normalized spacial score (nSPS) is 18.7. The van der Waals surface area contributed by atoms with E-state index in [2.05, 4.69) is 20.6 Å². The van der Waals surface area contributed by atoms with Gasteiger partial charge in [-0.15, -0.1) is 0 Å². The molecule has 0 aliphatic carbocycles. The summed E-state index contributed by atoms with van der Waals surface area (Å²) in [4.78, 5) is 23.3. The summed E-state index contributed by atoms with van der Waals surface area (Å²) < 4.78 is 26.3. The molecule has 1 aliphatic rings. The lowest BCUT2D eigenvalue weighted by molar-refractivity contribution is -0.126. The second kappa shape index (κ2) is 11.2. The van der Waals surface area contributed by atoms with Crippen molar-refractivity contribution in [3.05, 3.63) is 47.5 Å². The first kappa shape index (κ1) is 25.9. The topological polar surface area (TPSA) is 109 Å². The predicted octanol–water partition coefficient (Wildman–Crippen LogP) is 3.51. The van der Waals surface area contributed by atoms with Gasteiger partial charge in [-0.05, 0) is 31.7 Å². The van der Waals surface area contributed by atoms with E-state index >= 15 is 0 Å². The van der Waals surface area contributed by atoms with E-state index in [1.165, 1.54) is 19.5 Å². The highest BCUT2D eigenvalue weighted by Crippen LogP contribution is 2.37. The lowest BCUT2D eigenvalue weighted by Crippen LogP contribution is -2.46. The highest BCUT2D eigenvalue weighted by atomic mass is 35.5. The van der Waals surface area contributed by atoms with Crippen LogP contribution in [0, 0.1) is 5.82 Å². The molecule has 3 aromatic rings. The summed E-state index contributed by atoms with van der Waals surface area (Å²) in [5, 5.41) is 15.9. The molecular weight excluding hydrogens is 489 g/mol. The summed E-state index contributed by atoms with van der Waals surface area (Å²) in [7, 11) is 3.40. The third kappa shape index (κ3) is 5.45. The van der Waals surface area contributed by atoms with Gasteiger partial charge in [0.25, 0.3) is 0 Å². The molecule has 1 aliphatic heterocycles. The van der Waals surface area contributed by atoms with Crippen LogP contribution in [-0.2, 0) is 4.79 Å². The monoisotopic (exact) mass is 517 g/mol. The maximum atomic E-state index is 14.5. The molecule has 2 aromatic carbocycles. The maximum absolute atomic E-state index is 14.5. The summed E-state index contributed by atoms with van der Waals surface area (Å²) in [5.41, 5.74) is 0.759. The highest BCUT2D eigenvalue weighted by Gasteiger charge is 2.36. The number of aliphatic hydroxyl groups is 1. The lowest BCUT2D eigenvalue weighted by Gasteiger charge is -2.21. The van der Waals surface area contributed by atoms with Gasteiger partial charge in [0, 0.05) is 24.4 Å². The van der Waals surface area contributed by atoms with Crippen molar-refractivity contribution < 1.29 is 23.8 Å². The number of hydrogen-bond acceptors (Lipinski definition) is 8. The molecule has 1 aromatic heterocycles. The largest absolute Gasteiger partial charge is 0.493 e. The number of halogens is 2. The number of carbonyl (C=O) groups is 1. The molecule has 0 spiro atoms. The van der Waals surface area contributed by atoms with Crippen molar-refractivity contribution in [3.8, 4) is 11.5 Å². The molecular formula is C25H29ClFN5O4. The fourth-order valence-electron chi connectivity index (χ4n) is 4.24. The highest BCUT2D eigenvalue weighted by molar-refractivity contribution is 6.31. The quantitative estimate of drug-likeness (QED) is 0.395. The van der Waals surface area contributed by atoms with Gasteiger partial charge >= 0.3 is 0 Å². The van der Waals surface area contributed by atoms with Crippen molar-refractivity contribution in [1.29, 1.82) is 0 Å². The summed E-state index contributed by atoms with van der Waals surface area (Å²) >= 11 is 5.92. The minimum absolute atomic E-state index is 0.00255. The molecule has 4 rings (SSSR count). The van der Waals surface area contributed by atoms with E-state index in [4.69, 9.17) is 21.1 Å². The Labute approximate surface area is 213 Å². The number of likely N-dealkylation sites (tertiary alicyclic amines) is 1. The van der Waals surface area contributed by atoms with Crippen LogP contribution in [-0.4, -0.2) is 71.4 Å². The molecule has 0 bridgehead atoms. The van der Waals surface area contributed by atoms with Gasteiger partial charge in [-0.25, -0.2) is 14.4 Å². The first-order chi connectivity index (χ1) is 17.3. The Morgan fingerprint density at radius 2 is 2.14 bits per heavy atom. The van der Waals surface area contributed by atoms with E-state index < -0.39 is 5.82 Å². The summed E-state index contributed by atoms with van der Waals surface area (Å²) in [6.45, 7) is 2.33. The molecule has 2 heterocycles. The zero-order valence-corrected chi connectivity index (χ0v) is 21.1. The first-order valence-electron chi connectivity index (χ1n) is 11.7. The van der Waals surface area contributed by atoms with Gasteiger partial charge in [-0.3, -0.25) is 9.69 Å². The fourth-order valence-corrected chi connectivity index (χ4v) is 4.42. The van der Waals surface area contributed by atoms with Crippen LogP contribution in [0.25, 0.3) is 10.9 Å². The van der Waals surface area contributed by atoms with Gasteiger partial charge in [0.2, 0.25) is 5.91 Å². The molecule has 1 saturated heterocycles. The van der Waals surface area contributed by atoms with Gasteiger partial charge in [0.05, 0.1) is 42.0 Å². The number of benzene rings is 2. The molecule has 3 N–H and O–H groups in total. The molecule has 1 fully saturated rings. The minimum atomic E-state index is -0.583. The number of nitrogens with zero attached hydrogens (tertiary/aromatic N) is 3. The van der Waals surface area contributed by atoms with Crippen LogP contribution in [0.4, 0.5) is 15.9 Å². The standard InChI is InChI=1S/C25H29ClFN5O4/c1-4-14(12-33)30-25(34)20-8-15(11-32(20)2)36-22-9-16-19(10-21(22)35-3)28-13-29-24(16)31-18-7-5-6-17(26)23(18)27/h5-7,9-10,13-15,20,33H,4,8,11-12H2,1-3H3,(H,30,34)(H,28,29,31)/t14-,15-,20+/m0/s1. The average Bonchev–Trinajstić information content (AvgIpc) is 3.25. The molecule has 0 saturated carbocycles. The molecule has 1 amide bonds. The van der Waals surface area contributed by atoms with E-state index in [0.29, 0.717) is 47.6 Å². The number of nitrogens with one attached hydrogen (secondary N) is 2. The summed E-state index contributed by atoms with van der Waals surface area (Å²) in [6, 6.07) is 7.48. The molecule has 11 heteroatoms. The van der Waals surface area contributed by atoms with Crippen molar-refractivity contribution in [2.24, 2.45) is 0 Å². The van der Waals surface area contributed by atoms with Crippen LogP contribution in [0.5, 0.6) is 11.5 Å². The van der Waals surface area contributed by atoms with Crippen LogP contribution in [0.3, 0.4) is 0 Å². The van der Waals surface area contributed by atoms with E-state index in [9.17, 15) is 14.3 Å². The van der Waals surface area contributed by atoms with Crippen molar-refractivity contribution in [2.45, 2.75) is 38.0 Å². The summed E-state index contributed by atoms with van der Waals surface area (Å²) in [5.74, 6) is 0.585. The number of aliphatic hydroxyl groups excluding tert-OH is 1. The van der Waals surface area contributed by atoms with Crippen LogP contribution >= 0.6 is 11.6 Å². The molecule has 0 radical (unpaired) electrons. The lowest BCUT2D eigenvalue weighted by atomic mass is 10.1. The average molecular weight is 518 g/mol. The fraction of sp³-hybridized carbons (Fsp3) is 0.400. The van der Waals surface area contributed by atoms with Gasteiger partial charge in [0.1, 0.15) is 18.2 Å². The van der Waals surface area contributed by atoms with Crippen LogP contribution in [0.1, 0.15) is 19.8 Å². The van der Waals surface area contributed by atoms with Crippen molar-refractivity contribution >= 4 is 39.9 Å². The molecule has 0 unspecified atom stereocenters. The Morgan fingerprint density at radius 3 is 2.86 bits per heavy atom. The maximum Gasteiger partial charge on any atom is 0.237 e. The number of anilines is 2. The SMILES string of the molecule is CC[C@@H](CO)NC(=O)[C@H]1C[C@H](Oc2cc3c(Nc4cccc(Cl)c4F)ncnc3cc2OC)CN1C. The van der Waals surface area contributed by atoms with Gasteiger partial charge in [-0.2, -0.15) is 0 Å². The van der Waals surface area contributed by atoms with Crippen molar-refractivity contribution in [1.82, 2.24) is 20.2 Å². The van der Waals surface area contributed by atoms with Gasteiger partial charge < -0.3 is 25.2 Å². The first-order valence-corrected chi connectivity index (χ1v) is 12.0. The Hall–Kier alpha value is -3.21. The number of fused-ring (bicyclic) bond motifs is 1. The molecule has 36 heavy (non-hydrogen) atoms. The zero-order chi connectivity index (χ0) is 25.8. The number of rotatable bonds is 9. The number of likely N-dealkylation sites (N-methyl/N-ethyl adjacent to an activating group) is 1. The van der Waals surface area contributed by atoms with Crippen molar-refractivity contribution in [3.63, 3.8) is 0 Å². The van der Waals surface area contributed by atoms with Crippen molar-refractivity contribution in [2.75, 3.05) is 32.6 Å². The number of methoxy groups -OCH3 is 1. The Kier molecular flexibility index (Phi) is 8.07. The van der Waals surface area contributed by atoms with E-state index in [0.717, 1.165) is 0 Å². The number of aromatic nitrogens is 2. The predicted molar refractivity (Wildman–Crippen MR) is 136 cm³/mol. The molecule has 9 nitrogen and oxygen atoms in total. The third-order valence-corrected chi connectivity index (χ3v) is 6.58. The zero-order valence-electron chi connectivity index (χ0n) is 20.3. The number of hydrogen-bond donors (Lipinski definition) is 3. The van der Waals surface area contributed by atoms with Crippen LogP contribution < -0.4 is 20.1 Å². The number of amides is 1. The third-order valence-electron chi connectivity index (χ3n) is 6.29. The smallest absolute Gasteiger partial charge is 0.237 e. The van der Waals surface area contributed by atoms with Crippen LogP contribution in [0.15, 0.2) is 36.7 Å². The van der Waals surface area contributed by atoms with E-state index in [-0.39, 0.29) is 41.4 Å². The summed E-state index contributed by atoms with van der Waals surface area (Å²) in [6.07, 6.45) is 2.20.